The number of nitrogens with zero attached hydrogens (tertiary/aromatic N) is 1. The summed E-state index contributed by atoms with van der Waals surface area (Å²) in [7, 11) is 3.79. The summed E-state index contributed by atoms with van der Waals surface area (Å²) in [4.78, 5) is 14.5. The molecule has 0 aliphatic rings. The highest BCUT2D eigenvalue weighted by Gasteiger charge is 2.41. The molecule has 4 nitrogen and oxygen atoms in total. The summed E-state index contributed by atoms with van der Waals surface area (Å²) in [6.07, 6.45) is 0. The van der Waals surface area contributed by atoms with Crippen LogP contribution in [0.3, 0.4) is 0 Å². The average molecular weight is 380 g/mol. The van der Waals surface area contributed by atoms with Crippen LogP contribution in [0, 0.1) is 0 Å². The van der Waals surface area contributed by atoms with Crippen LogP contribution in [0.15, 0.2) is 60.7 Å². The molecule has 0 unspecified atom stereocenters. The molecule has 0 saturated carbocycles. The van der Waals surface area contributed by atoms with E-state index in [1.54, 1.807) is 48.5 Å². The summed E-state index contributed by atoms with van der Waals surface area (Å²) in [5, 5.41) is 11.1. The van der Waals surface area contributed by atoms with Gasteiger partial charge in [0.05, 0.1) is 0 Å². The van der Waals surface area contributed by atoms with Crippen LogP contribution < -0.4 is 0 Å². The highest BCUT2D eigenvalue weighted by atomic mass is 79.9. The second-order valence-corrected chi connectivity index (χ2v) is 5.38. The molecule has 0 saturated heterocycles. The first-order valence-corrected chi connectivity index (χ1v) is 7.20. The summed E-state index contributed by atoms with van der Waals surface area (Å²) >= 11 is 0. The number of carbonyl (C=O) groups excluding carboxylic acids is 1. The molecule has 0 heterocycles. The van der Waals surface area contributed by atoms with Crippen molar-refractivity contribution in [3.63, 3.8) is 0 Å². The zero-order chi connectivity index (χ0) is 16.0. The van der Waals surface area contributed by atoms with E-state index in [0.717, 1.165) is 0 Å². The molecule has 124 valence electrons. The summed E-state index contributed by atoms with van der Waals surface area (Å²) in [6, 6.07) is 17.7. The van der Waals surface area contributed by atoms with Gasteiger partial charge in [-0.25, -0.2) is 4.79 Å². The van der Waals surface area contributed by atoms with Crippen molar-refractivity contribution in [1.82, 2.24) is 4.90 Å². The maximum absolute atomic E-state index is 12.6. The predicted octanol–water partition coefficient (Wildman–Crippen LogP) is 2.61. The molecule has 0 fully saturated rings. The first-order chi connectivity index (χ1) is 10.5. The molecule has 1 N–H and O–H groups in total. The molecular formula is C18H22BrNO3. The number of hydrogen-bond donors (Lipinski definition) is 1. The minimum atomic E-state index is -1.80. The van der Waals surface area contributed by atoms with Gasteiger partial charge in [-0.1, -0.05) is 60.7 Å². The van der Waals surface area contributed by atoms with Crippen LogP contribution in [-0.2, 0) is 15.1 Å². The van der Waals surface area contributed by atoms with Crippen molar-refractivity contribution in [2.75, 3.05) is 27.2 Å². The van der Waals surface area contributed by atoms with E-state index in [-0.39, 0.29) is 23.6 Å². The van der Waals surface area contributed by atoms with Gasteiger partial charge in [-0.3, -0.25) is 0 Å². The van der Waals surface area contributed by atoms with Crippen molar-refractivity contribution in [3.8, 4) is 0 Å². The molecule has 0 bridgehead atoms. The van der Waals surface area contributed by atoms with E-state index in [2.05, 4.69) is 0 Å². The van der Waals surface area contributed by atoms with E-state index in [1.807, 2.05) is 31.1 Å². The number of carbonyl (C=O) groups is 1. The van der Waals surface area contributed by atoms with Gasteiger partial charge in [-0.05, 0) is 25.2 Å². The molecule has 0 aliphatic carbocycles. The molecule has 2 rings (SSSR count). The number of ether oxygens (including phenoxy) is 1. The maximum Gasteiger partial charge on any atom is 0.347 e. The topological polar surface area (TPSA) is 49.8 Å². The molecule has 0 radical (unpaired) electrons. The van der Waals surface area contributed by atoms with Crippen LogP contribution in [-0.4, -0.2) is 43.2 Å². The van der Waals surface area contributed by atoms with Crippen molar-refractivity contribution >= 4 is 23.0 Å². The van der Waals surface area contributed by atoms with Crippen molar-refractivity contribution < 1.29 is 14.6 Å². The Labute approximate surface area is 147 Å². The predicted molar refractivity (Wildman–Crippen MR) is 95.7 cm³/mol. The second-order valence-electron chi connectivity index (χ2n) is 5.38. The fourth-order valence-electron chi connectivity index (χ4n) is 2.19. The maximum atomic E-state index is 12.6. The van der Waals surface area contributed by atoms with E-state index in [0.29, 0.717) is 17.7 Å². The first-order valence-electron chi connectivity index (χ1n) is 7.20. The van der Waals surface area contributed by atoms with E-state index in [9.17, 15) is 9.90 Å². The van der Waals surface area contributed by atoms with E-state index < -0.39 is 11.6 Å². The number of aliphatic hydroxyl groups is 1. The minimum Gasteiger partial charge on any atom is -0.462 e. The van der Waals surface area contributed by atoms with Crippen molar-refractivity contribution in [2.45, 2.75) is 5.60 Å². The first kappa shape index (κ1) is 19.4. The van der Waals surface area contributed by atoms with Crippen LogP contribution in [0.5, 0.6) is 0 Å². The minimum absolute atomic E-state index is 0. The van der Waals surface area contributed by atoms with Gasteiger partial charge in [-0.15, -0.1) is 17.0 Å². The lowest BCUT2D eigenvalue weighted by atomic mass is 9.86. The average Bonchev–Trinajstić information content (AvgIpc) is 2.55. The Balaban J connectivity index is 0.00000264. The van der Waals surface area contributed by atoms with Crippen LogP contribution in [0.2, 0.25) is 0 Å². The van der Waals surface area contributed by atoms with Crippen molar-refractivity contribution in [2.24, 2.45) is 0 Å². The lowest BCUT2D eigenvalue weighted by Gasteiger charge is -2.27. The third-order valence-corrected chi connectivity index (χ3v) is 3.45. The van der Waals surface area contributed by atoms with Gasteiger partial charge in [-0.2, -0.15) is 0 Å². The largest absolute Gasteiger partial charge is 0.462 e. The third-order valence-electron chi connectivity index (χ3n) is 3.45. The summed E-state index contributed by atoms with van der Waals surface area (Å²) in [6.45, 7) is 0.833. The van der Waals surface area contributed by atoms with Crippen LogP contribution in [0.25, 0.3) is 0 Å². The Morgan fingerprint density at radius 1 is 1.00 bits per heavy atom. The van der Waals surface area contributed by atoms with Crippen molar-refractivity contribution in [3.05, 3.63) is 71.8 Å². The molecular weight excluding hydrogens is 358 g/mol. The molecule has 0 aromatic heterocycles. The van der Waals surface area contributed by atoms with E-state index >= 15 is 0 Å². The van der Waals surface area contributed by atoms with E-state index in [4.69, 9.17) is 4.74 Å². The fraction of sp³-hybridized carbons (Fsp3) is 0.278. The highest BCUT2D eigenvalue weighted by Crippen LogP contribution is 2.30. The Kier molecular flexibility index (Phi) is 7.42. The van der Waals surface area contributed by atoms with Gasteiger partial charge in [0.2, 0.25) is 5.60 Å². The smallest absolute Gasteiger partial charge is 0.347 e. The quantitative estimate of drug-likeness (QED) is 0.783. The van der Waals surface area contributed by atoms with Gasteiger partial charge in [0.15, 0.2) is 0 Å². The van der Waals surface area contributed by atoms with Crippen LogP contribution >= 0.6 is 17.0 Å². The molecule has 0 amide bonds. The van der Waals surface area contributed by atoms with Crippen LogP contribution in [0.1, 0.15) is 11.1 Å². The number of esters is 1. The molecule has 0 spiro atoms. The van der Waals surface area contributed by atoms with Gasteiger partial charge < -0.3 is 14.7 Å². The van der Waals surface area contributed by atoms with E-state index in [1.165, 1.54) is 0 Å². The summed E-state index contributed by atoms with van der Waals surface area (Å²) in [5.41, 5.74) is -0.804. The summed E-state index contributed by atoms with van der Waals surface area (Å²) in [5.74, 6) is -0.660. The Hall–Kier alpha value is -1.69. The molecule has 0 atom stereocenters. The van der Waals surface area contributed by atoms with Gasteiger partial charge in [0.1, 0.15) is 6.61 Å². The molecule has 2 aromatic carbocycles. The van der Waals surface area contributed by atoms with Gasteiger partial charge in [0, 0.05) is 6.54 Å². The SMILES string of the molecule is Br.CN(C)CCOC(=O)C(O)(c1ccccc1)c1ccccc1. The second kappa shape index (κ2) is 8.82. The van der Waals surface area contributed by atoms with Crippen LogP contribution in [0.4, 0.5) is 0 Å². The third kappa shape index (κ3) is 4.64. The number of halogens is 1. The number of likely N-dealkylation sites (N-methyl/N-ethyl adjacent to an activating group) is 1. The lowest BCUT2D eigenvalue weighted by molar-refractivity contribution is -0.162. The normalized spacial score (nSPS) is 11.0. The summed E-state index contributed by atoms with van der Waals surface area (Å²) < 4.78 is 5.30. The number of benzene rings is 2. The zero-order valence-electron chi connectivity index (χ0n) is 13.3. The molecule has 0 aliphatic heterocycles. The fourth-order valence-corrected chi connectivity index (χ4v) is 2.19. The Bertz CT molecular complexity index is 563. The molecule has 23 heavy (non-hydrogen) atoms. The molecule has 2 aromatic rings. The monoisotopic (exact) mass is 379 g/mol. The van der Waals surface area contributed by atoms with Crippen molar-refractivity contribution in [1.29, 1.82) is 0 Å². The van der Waals surface area contributed by atoms with Gasteiger partial charge >= 0.3 is 5.97 Å². The molecule has 5 heteroatoms. The van der Waals surface area contributed by atoms with Gasteiger partial charge in [0.25, 0.3) is 0 Å². The zero-order valence-corrected chi connectivity index (χ0v) is 15.0. The Morgan fingerprint density at radius 3 is 1.83 bits per heavy atom. The Morgan fingerprint density at radius 2 is 1.43 bits per heavy atom. The number of hydrogen-bond acceptors (Lipinski definition) is 4. The highest BCUT2D eigenvalue weighted by molar-refractivity contribution is 8.93. The number of rotatable bonds is 6. The lowest BCUT2D eigenvalue weighted by Crippen LogP contribution is -2.39. The standard InChI is InChI=1S/C18H21NO3.BrH/c1-19(2)13-14-22-17(20)18(21,15-9-5-3-6-10-15)16-11-7-4-8-12-16;/h3-12,21H,13-14H2,1-2H3;1H.